The van der Waals surface area contributed by atoms with Crippen LogP contribution < -0.4 is 5.73 Å². The molecular weight excluding hydrogens is 286 g/mol. The van der Waals surface area contributed by atoms with Crippen LogP contribution in [0.5, 0.6) is 0 Å². The molecule has 0 bridgehead atoms. The molecule has 0 amide bonds. The van der Waals surface area contributed by atoms with Gasteiger partial charge in [-0.1, -0.05) is 23.9 Å². The van der Waals surface area contributed by atoms with Gasteiger partial charge >= 0.3 is 0 Å². The molecule has 0 aromatic heterocycles. The molecule has 0 fully saturated rings. The molecule has 1 aliphatic heterocycles. The lowest BCUT2D eigenvalue weighted by Gasteiger charge is -2.20. The van der Waals surface area contributed by atoms with Crippen molar-refractivity contribution in [3.05, 3.63) is 39.2 Å². The quantitative estimate of drug-likeness (QED) is 0.865. The normalized spacial score (nSPS) is 20.1. The maximum atomic E-state index is 8.73. The Balaban J connectivity index is 2.38. The summed E-state index contributed by atoms with van der Waals surface area (Å²) in [4.78, 5) is 2.01. The topological polar surface area (TPSA) is 53.0 Å². The van der Waals surface area contributed by atoms with E-state index in [1.807, 2.05) is 36.2 Å². The molecule has 0 saturated carbocycles. The van der Waals surface area contributed by atoms with Crippen LogP contribution in [0.1, 0.15) is 11.1 Å². The van der Waals surface area contributed by atoms with E-state index in [2.05, 4.69) is 22.0 Å². The number of halogens is 1. The SMILES string of the molecule is CN1C(c2ccc(C#N)cc2)=C(Br)SC1N. The van der Waals surface area contributed by atoms with Crippen molar-refractivity contribution in [2.45, 2.75) is 5.50 Å². The van der Waals surface area contributed by atoms with Gasteiger partial charge in [-0.05, 0) is 33.6 Å². The monoisotopic (exact) mass is 295 g/mol. The highest BCUT2D eigenvalue weighted by atomic mass is 79.9. The number of nitrogens with two attached hydrogens (primary N) is 1. The zero-order valence-electron chi connectivity index (χ0n) is 8.64. The van der Waals surface area contributed by atoms with Gasteiger partial charge in [0.25, 0.3) is 0 Å². The predicted molar refractivity (Wildman–Crippen MR) is 70.3 cm³/mol. The number of hydrogen-bond donors (Lipinski definition) is 1. The van der Waals surface area contributed by atoms with E-state index in [4.69, 9.17) is 11.0 Å². The lowest BCUT2D eigenvalue weighted by atomic mass is 10.1. The molecule has 16 heavy (non-hydrogen) atoms. The number of nitriles is 1. The van der Waals surface area contributed by atoms with Crippen LogP contribution in [0.2, 0.25) is 0 Å². The third kappa shape index (κ3) is 1.96. The fourth-order valence-electron chi connectivity index (χ4n) is 1.53. The van der Waals surface area contributed by atoms with Crippen molar-refractivity contribution < 1.29 is 0 Å². The van der Waals surface area contributed by atoms with Crippen LogP contribution in [0.15, 0.2) is 28.1 Å². The first-order valence-corrected chi connectivity index (χ1v) is 6.36. The Hall–Kier alpha value is -0.960. The van der Waals surface area contributed by atoms with Crippen molar-refractivity contribution >= 4 is 33.4 Å². The minimum absolute atomic E-state index is 0.0555. The third-order valence-electron chi connectivity index (χ3n) is 2.43. The highest BCUT2D eigenvalue weighted by molar-refractivity contribution is 9.14. The molecule has 1 atom stereocenters. The van der Waals surface area contributed by atoms with E-state index in [9.17, 15) is 0 Å². The van der Waals surface area contributed by atoms with E-state index < -0.39 is 0 Å². The molecule has 82 valence electrons. The van der Waals surface area contributed by atoms with E-state index >= 15 is 0 Å². The third-order valence-corrected chi connectivity index (χ3v) is 4.33. The van der Waals surface area contributed by atoms with Gasteiger partial charge in [-0.3, -0.25) is 0 Å². The second kappa shape index (κ2) is 4.50. The van der Waals surface area contributed by atoms with Gasteiger partial charge in [0, 0.05) is 7.05 Å². The van der Waals surface area contributed by atoms with Crippen LogP contribution in [0.4, 0.5) is 0 Å². The summed E-state index contributed by atoms with van der Waals surface area (Å²) in [7, 11) is 1.96. The maximum Gasteiger partial charge on any atom is 0.130 e. The van der Waals surface area contributed by atoms with E-state index in [0.717, 1.165) is 15.1 Å². The number of nitrogens with zero attached hydrogens (tertiary/aromatic N) is 2. The Bertz CT molecular complexity index is 475. The van der Waals surface area contributed by atoms with Gasteiger partial charge in [-0.25, -0.2) is 0 Å². The van der Waals surface area contributed by atoms with E-state index in [1.165, 1.54) is 0 Å². The van der Waals surface area contributed by atoms with Crippen molar-refractivity contribution in [2.24, 2.45) is 5.73 Å². The second-order valence-corrected chi connectivity index (χ2v) is 5.88. The molecule has 2 N–H and O–H groups in total. The molecule has 0 spiro atoms. The summed E-state index contributed by atoms with van der Waals surface area (Å²) >= 11 is 5.09. The van der Waals surface area contributed by atoms with Crippen LogP contribution in [0.3, 0.4) is 0 Å². The Kier molecular flexibility index (Phi) is 3.24. The van der Waals surface area contributed by atoms with Gasteiger partial charge in [0.05, 0.1) is 21.1 Å². The van der Waals surface area contributed by atoms with Crippen LogP contribution in [0, 0.1) is 11.3 Å². The molecule has 1 aromatic rings. The average Bonchev–Trinajstić information content (AvgIpc) is 2.54. The van der Waals surface area contributed by atoms with Crippen molar-refractivity contribution in [1.29, 1.82) is 5.26 Å². The van der Waals surface area contributed by atoms with Gasteiger partial charge in [-0.2, -0.15) is 5.26 Å². The summed E-state index contributed by atoms with van der Waals surface area (Å²) in [5.41, 5.74) is 8.66. The van der Waals surface area contributed by atoms with E-state index in [-0.39, 0.29) is 5.50 Å². The standard InChI is InChI=1S/C11H10BrN3S/c1-15-9(10(12)16-11(15)14)8-4-2-7(6-13)3-5-8/h2-5,11H,14H2,1H3. The van der Waals surface area contributed by atoms with Crippen molar-refractivity contribution in [3.63, 3.8) is 0 Å². The van der Waals surface area contributed by atoms with Gasteiger partial charge in [-0.15, -0.1) is 0 Å². The zero-order chi connectivity index (χ0) is 11.7. The zero-order valence-corrected chi connectivity index (χ0v) is 11.0. The lowest BCUT2D eigenvalue weighted by Crippen LogP contribution is -2.30. The number of rotatable bonds is 1. The summed E-state index contributed by atoms with van der Waals surface area (Å²) in [5, 5.41) is 8.73. The van der Waals surface area contributed by atoms with Crippen LogP contribution >= 0.6 is 27.7 Å². The number of thioether (sulfide) groups is 1. The van der Waals surface area contributed by atoms with Crippen LogP contribution in [-0.2, 0) is 0 Å². The fourth-order valence-corrected chi connectivity index (χ4v) is 3.46. The fraction of sp³-hybridized carbons (Fsp3) is 0.182. The minimum Gasteiger partial charge on any atom is -0.348 e. The van der Waals surface area contributed by atoms with Gasteiger partial charge in [0.1, 0.15) is 5.50 Å². The summed E-state index contributed by atoms with van der Waals surface area (Å²) in [6.07, 6.45) is 0. The lowest BCUT2D eigenvalue weighted by molar-refractivity contribution is 0.468. The molecule has 0 radical (unpaired) electrons. The van der Waals surface area contributed by atoms with Gasteiger partial charge in [0.2, 0.25) is 0 Å². The Morgan fingerprint density at radius 3 is 2.50 bits per heavy atom. The first-order valence-electron chi connectivity index (χ1n) is 4.69. The smallest absolute Gasteiger partial charge is 0.130 e. The molecule has 1 aliphatic rings. The van der Waals surface area contributed by atoms with Crippen molar-refractivity contribution in [2.75, 3.05) is 7.05 Å². The molecule has 1 unspecified atom stereocenters. The van der Waals surface area contributed by atoms with Crippen LogP contribution in [-0.4, -0.2) is 17.4 Å². The molecule has 2 rings (SSSR count). The summed E-state index contributed by atoms with van der Waals surface area (Å²) < 4.78 is 1.03. The maximum absolute atomic E-state index is 8.73. The average molecular weight is 296 g/mol. The highest BCUT2D eigenvalue weighted by Gasteiger charge is 2.26. The first kappa shape index (κ1) is 11.5. The first-order chi connectivity index (χ1) is 7.63. The predicted octanol–water partition coefficient (Wildman–Crippen LogP) is 2.50. The van der Waals surface area contributed by atoms with Crippen molar-refractivity contribution in [1.82, 2.24) is 4.90 Å². The Labute approximate surface area is 107 Å². The van der Waals surface area contributed by atoms with Gasteiger partial charge in [0.15, 0.2) is 0 Å². The number of benzene rings is 1. The Morgan fingerprint density at radius 2 is 2.06 bits per heavy atom. The Morgan fingerprint density at radius 1 is 1.44 bits per heavy atom. The minimum atomic E-state index is -0.0555. The highest BCUT2D eigenvalue weighted by Crippen LogP contribution is 2.43. The second-order valence-electron chi connectivity index (χ2n) is 3.43. The number of hydrogen-bond acceptors (Lipinski definition) is 4. The van der Waals surface area contributed by atoms with E-state index in [0.29, 0.717) is 5.56 Å². The summed E-state index contributed by atoms with van der Waals surface area (Å²) in [6.45, 7) is 0. The molecule has 0 aliphatic carbocycles. The summed E-state index contributed by atoms with van der Waals surface area (Å²) in [5.74, 6) is 0. The molecule has 3 nitrogen and oxygen atoms in total. The van der Waals surface area contributed by atoms with E-state index in [1.54, 1.807) is 11.8 Å². The molecule has 1 aromatic carbocycles. The van der Waals surface area contributed by atoms with Crippen molar-refractivity contribution in [3.8, 4) is 6.07 Å². The largest absolute Gasteiger partial charge is 0.348 e. The molecule has 0 saturated heterocycles. The van der Waals surface area contributed by atoms with Crippen LogP contribution in [0.25, 0.3) is 5.70 Å². The molecule has 5 heteroatoms. The molecule has 1 heterocycles. The van der Waals surface area contributed by atoms with Gasteiger partial charge < -0.3 is 10.6 Å². The molecular formula is C11H10BrN3S. The summed E-state index contributed by atoms with van der Waals surface area (Å²) in [6, 6.07) is 9.60.